The molecule has 4 nitrogen and oxygen atoms in total. The molecule has 1 aromatic carbocycles. The van der Waals surface area contributed by atoms with E-state index < -0.39 is 18.8 Å². The zero-order chi connectivity index (χ0) is 20.9. The van der Waals surface area contributed by atoms with Crippen LogP contribution in [0.1, 0.15) is 77.6 Å². The Bertz CT molecular complexity index is 784. The first kappa shape index (κ1) is 23.1. The number of benzene rings is 1. The SMILES string of the molecule is CCC[CH2][Sn]([CH2]CCC)([CH2]CCC)[O]c1ccc2c(c1)OC(C)(C)c1[se]nnc1-2. The van der Waals surface area contributed by atoms with Gasteiger partial charge in [-0.1, -0.05) is 0 Å². The molecular weight excluding hydrogens is 534 g/mol. The fraction of sp³-hybridized carbons (Fsp3) is 0.652. The summed E-state index contributed by atoms with van der Waals surface area (Å²) in [5, 5.41) is 4.45. The van der Waals surface area contributed by atoms with Crippen molar-refractivity contribution in [3.63, 3.8) is 0 Å². The first-order valence-electron chi connectivity index (χ1n) is 11.3. The van der Waals surface area contributed by atoms with E-state index in [0.717, 1.165) is 22.8 Å². The van der Waals surface area contributed by atoms with E-state index in [-0.39, 0.29) is 20.3 Å². The Balaban J connectivity index is 1.90. The normalized spacial score (nSPS) is 14.8. The molecule has 0 amide bonds. The molecule has 3 rings (SSSR count). The Morgan fingerprint density at radius 1 is 1.00 bits per heavy atom. The van der Waals surface area contributed by atoms with Crippen LogP contribution < -0.4 is 7.81 Å². The molecule has 0 atom stereocenters. The minimum atomic E-state index is -2.71. The van der Waals surface area contributed by atoms with E-state index in [1.807, 2.05) is 0 Å². The van der Waals surface area contributed by atoms with Crippen LogP contribution in [0, 0.1) is 0 Å². The maximum absolute atomic E-state index is 7.02. The van der Waals surface area contributed by atoms with E-state index in [1.165, 1.54) is 56.3 Å². The van der Waals surface area contributed by atoms with Crippen LogP contribution >= 0.6 is 0 Å². The second kappa shape index (κ2) is 10.2. The summed E-state index contributed by atoms with van der Waals surface area (Å²) in [5.41, 5.74) is 1.77. The predicted molar refractivity (Wildman–Crippen MR) is 124 cm³/mol. The molecule has 29 heavy (non-hydrogen) atoms. The van der Waals surface area contributed by atoms with Crippen LogP contribution in [0.3, 0.4) is 0 Å². The number of hydrogen-bond donors (Lipinski definition) is 0. The summed E-state index contributed by atoms with van der Waals surface area (Å²) >= 11 is -2.65. The fourth-order valence-electron chi connectivity index (χ4n) is 4.20. The third-order valence-electron chi connectivity index (χ3n) is 5.90. The van der Waals surface area contributed by atoms with E-state index in [4.69, 9.17) is 7.81 Å². The molecule has 0 saturated carbocycles. The van der Waals surface area contributed by atoms with Gasteiger partial charge in [-0.15, -0.1) is 0 Å². The zero-order valence-electron chi connectivity index (χ0n) is 18.7. The van der Waals surface area contributed by atoms with Crippen LogP contribution in [-0.4, -0.2) is 42.7 Å². The predicted octanol–water partition coefficient (Wildman–Crippen LogP) is 6.55. The Morgan fingerprint density at radius 2 is 1.62 bits per heavy atom. The molecule has 2 aromatic rings. The van der Waals surface area contributed by atoms with Gasteiger partial charge in [-0.2, -0.15) is 0 Å². The van der Waals surface area contributed by atoms with Crippen LogP contribution in [0.4, 0.5) is 0 Å². The second-order valence-corrected chi connectivity index (χ2v) is 22.0. The van der Waals surface area contributed by atoms with Crippen molar-refractivity contribution in [3.8, 4) is 22.8 Å². The minimum absolute atomic E-state index is 0.0533. The second-order valence-electron chi connectivity index (χ2n) is 8.82. The molecule has 1 aliphatic heterocycles. The molecule has 0 N–H and O–H groups in total. The molecular formula is C23H36N2O2SeSn. The van der Waals surface area contributed by atoms with Crippen molar-refractivity contribution < 1.29 is 7.81 Å². The molecule has 0 saturated heterocycles. The average molecular weight is 570 g/mol. The van der Waals surface area contributed by atoms with Crippen molar-refractivity contribution >= 4 is 33.5 Å². The number of fused-ring (bicyclic) bond motifs is 3. The first-order valence-corrected chi connectivity index (χ1v) is 20.1. The molecule has 0 unspecified atom stereocenters. The van der Waals surface area contributed by atoms with E-state index >= 15 is 0 Å². The number of ether oxygens (including phenoxy) is 1. The molecule has 0 radical (unpaired) electrons. The van der Waals surface area contributed by atoms with Gasteiger partial charge in [-0.05, 0) is 0 Å². The number of unbranched alkanes of at least 4 members (excludes halogenated alkanes) is 3. The van der Waals surface area contributed by atoms with Crippen LogP contribution in [-0.2, 0) is 5.60 Å². The van der Waals surface area contributed by atoms with Gasteiger partial charge in [0.15, 0.2) is 0 Å². The number of hydrogen-bond acceptors (Lipinski definition) is 4. The quantitative estimate of drug-likeness (QED) is 0.288. The monoisotopic (exact) mass is 572 g/mol. The fourth-order valence-corrected chi connectivity index (χ4v) is 19.0. The maximum atomic E-state index is 7.02. The van der Waals surface area contributed by atoms with E-state index in [2.05, 4.69) is 62.0 Å². The van der Waals surface area contributed by atoms with Crippen molar-refractivity contribution in [2.45, 2.75) is 92.1 Å². The van der Waals surface area contributed by atoms with Crippen molar-refractivity contribution in [1.82, 2.24) is 9.19 Å². The number of nitrogens with zero attached hydrogens (tertiary/aromatic N) is 2. The van der Waals surface area contributed by atoms with Gasteiger partial charge in [0.2, 0.25) is 0 Å². The van der Waals surface area contributed by atoms with Crippen molar-refractivity contribution in [3.05, 3.63) is 22.6 Å². The Kier molecular flexibility index (Phi) is 8.13. The van der Waals surface area contributed by atoms with Crippen molar-refractivity contribution in [1.29, 1.82) is 0 Å². The van der Waals surface area contributed by atoms with Gasteiger partial charge in [-0.25, -0.2) is 0 Å². The van der Waals surface area contributed by atoms with Gasteiger partial charge in [0, 0.05) is 0 Å². The van der Waals surface area contributed by atoms with E-state index in [9.17, 15) is 0 Å². The summed E-state index contributed by atoms with van der Waals surface area (Å²) < 4.78 is 23.0. The molecule has 1 aliphatic rings. The first-order chi connectivity index (χ1) is 13.9. The molecule has 6 heteroatoms. The van der Waals surface area contributed by atoms with Crippen molar-refractivity contribution in [2.75, 3.05) is 0 Å². The molecule has 0 bridgehead atoms. The summed E-state index contributed by atoms with van der Waals surface area (Å²) in [6, 6.07) is 6.43. The van der Waals surface area contributed by atoms with Gasteiger partial charge >= 0.3 is 188 Å². The van der Waals surface area contributed by atoms with Crippen LogP contribution in [0.25, 0.3) is 11.3 Å². The summed E-state index contributed by atoms with van der Waals surface area (Å²) in [7, 11) is 0. The Morgan fingerprint density at radius 3 is 2.21 bits per heavy atom. The molecule has 2 heterocycles. The zero-order valence-corrected chi connectivity index (χ0v) is 23.3. The van der Waals surface area contributed by atoms with Gasteiger partial charge < -0.3 is 0 Å². The molecule has 0 aliphatic carbocycles. The number of rotatable bonds is 11. The molecule has 1 aromatic heterocycles. The third kappa shape index (κ3) is 5.40. The van der Waals surface area contributed by atoms with E-state index in [0.29, 0.717) is 0 Å². The third-order valence-corrected chi connectivity index (χ3v) is 20.8. The average Bonchev–Trinajstić information content (AvgIpc) is 3.20. The van der Waals surface area contributed by atoms with Crippen LogP contribution in [0.5, 0.6) is 11.5 Å². The van der Waals surface area contributed by atoms with Gasteiger partial charge in [0.05, 0.1) is 0 Å². The van der Waals surface area contributed by atoms with E-state index in [1.54, 1.807) is 0 Å². The van der Waals surface area contributed by atoms with Crippen LogP contribution in [0.15, 0.2) is 18.2 Å². The summed E-state index contributed by atoms with van der Waals surface area (Å²) in [4.78, 5) is 0. The topological polar surface area (TPSA) is 44.2 Å². The Hall–Kier alpha value is -0.522. The molecule has 0 spiro atoms. The summed E-state index contributed by atoms with van der Waals surface area (Å²) in [6.07, 6.45) is 7.67. The summed E-state index contributed by atoms with van der Waals surface area (Å²) in [5.74, 6) is 1.92. The van der Waals surface area contributed by atoms with Crippen LogP contribution in [0.2, 0.25) is 13.3 Å². The molecule has 0 fully saturated rings. The van der Waals surface area contributed by atoms with Gasteiger partial charge in [0.1, 0.15) is 0 Å². The number of aromatic nitrogens is 2. The molecule has 160 valence electrons. The summed E-state index contributed by atoms with van der Waals surface area (Å²) in [6.45, 7) is 11.2. The Labute approximate surface area is 187 Å². The van der Waals surface area contributed by atoms with Crippen molar-refractivity contribution in [2.24, 2.45) is 0 Å². The van der Waals surface area contributed by atoms with Gasteiger partial charge in [-0.3, -0.25) is 0 Å². The van der Waals surface area contributed by atoms with Gasteiger partial charge in [0.25, 0.3) is 0 Å². The standard InChI is InChI=1S/C11H10N2O2Se.3C4H9.Sn/c1-11(2)10-9(12-13-16-10)7-4-3-6(14)5-8(7)15-11;3*1-3-4-2;/h3-5,14H,1-2H3;3*1,3-4H2,2H3;/q;;;;+1/p-1.